The molecule has 1 fully saturated rings. The Balaban J connectivity index is 0.000000477. The fourth-order valence-corrected chi connectivity index (χ4v) is 2.26. The van der Waals surface area contributed by atoms with Gasteiger partial charge in [0.2, 0.25) is 4.77 Å². The van der Waals surface area contributed by atoms with Crippen LogP contribution in [0.15, 0.2) is 30.6 Å². The second-order valence-corrected chi connectivity index (χ2v) is 6.48. The zero-order chi connectivity index (χ0) is 15.3. The molecular weight excluding hydrogens is 329 g/mol. The lowest BCUT2D eigenvalue weighted by atomic mass is 10.1. The van der Waals surface area contributed by atoms with Gasteiger partial charge in [0.25, 0.3) is 0 Å². The number of aromatic nitrogens is 3. The number of hydrogen-bond acceptors (Lipinski definition) is 3. The topological polar surface area (TPSA) is 53.8 Å². The van der Waals surface area contributed by atoms with Crippen molar-refractivity contribution in [1.29, 1.82) is 0 Å². The summed E-state index contributed by atoms with van der Waals surface area (Å²) >= 11 is 17.1. The molecule has 2 aromatic rings. The van der Waals surface area contributed by atoms with Crippen LogP contribution in [0.1, 0.15) is 24.8 Å². The Morgan fingerprint density at radius 1 is 1.33 bits per heavy atom. The molecule has 114 valence electrons. The third-order valence-electron chi connectivity index (χ3n) is 2.79. The molecule has 1 saturated carbocycles. The highest BCUT2D eigenvalue weighted by Gasteiger charge is 2.26. The molecule has 1 atom stereocenters. The van der Waals surface area contributed by atoms with Crippen LogP contribution in [0.25, 0.3) is 0 Å². The largest absolute Gasteiger partial charge is 0.373 e. The maximum Gasteiger partial charge on any atom is 0.215 e. The van der Waals surface area contributed by atoms with Crippen LogP contribution in [-0.2, 0) is 13.0 Å². The van der Waals surface area contributed by atoms with Crippen LogP contribution in [0.3, 0.4) is 0 Å². The van der Waals surface area contributed by atoms with Gasteiger partial charge < -0.3 is 5.11 Å². The summed E-state index contributed by atoms with van der Waals surface area (Å²) in [4.78, 5) is 3.85. The summed E-state index contributed by atoms with van der Waals surface area (Å²) in [5, 5.41) is 12.1. The van der Waals surface area contributed by atoms with Crippen LogP contribution in [0.2, 0.25) is 5.02 Å². The first-order valence-electron chi connectivity index (χ1n) is 6.73. The van der Waals surface area contributed by atoms with Gasteiger partial charge >= 0.3 is 0 Å². The lowest BCUT2D eigenvalue weighted by molar-refractivity contribution is 0.104. The van der Waals surface area contributed by atoms with Crippen molar-refractivity contribution in [2.24, 2.45) is 0 Å². The molecule has 3 rings (SSSR count). The van der Waals surface area contributed by atoms with Crippen LogP contribution in [0.5, 0.6) is 0 Å². The van der Waals surface area contributed by atoms with Gasteiger partial charge in [0.1, 0.15) is 6.33 Å². The summed E-state index contributed by atoms with van der Waals surface area (Å²) in [5.41, 5.74) is 0.780. The van der Waals surface area contributed by atoms with E-state index in [4.69, 9.17) is 35.4 Å². The van der Waals surface area contributed by atoms with E-state index in [1.54, 1.807) is 6.07 Å². The van der Waals surface area contributed by atoms with Gasteiger partial charge in [-0.2, -0.15) is 0 Å². The molecule has 1 unspecified atom stereocenters. The van der Waals surface area contributed by atoms with Gasteiger partial charge in [-0.25, -0.2) is 4.98 Å². The number of nitrogens with zero attached hydrogens (tertiary/aromatic N) is 2. The Morgan fingerprint density at radius 2 is 2.00 bits per heavy atom. The van der Waals surface area contributed by atoms with Crippen molar-refractivity contribution in [1.82, 2.24) is 14.8 Å². The van der Waals surface area contributed by atoms with Crippen molar-refractivity contribution in [2.45, 2.75) is 37.3 Å². The molecule has 21 heavy (non-hydrogen) atoms. The summed E-state index contributed by atoms with van der Waals surface area (Å²) < 4.78 is 1.84. The van der Waals surface area contributed by atoms with Crippen LogP contribution in [0.4, 0.5) is 0 Å². The van der Waals surface area contributed by atoms with Crippen molar-refractivity contribution in [3.63, 3.8) is 0 Å². The highest BCUT2D eigenvalue weighted by molar-refractivity contribution is 7.71. The minimum Gasteiger partial charge on any atom is -0.373 e. The number of halogens is 2. The quantitative estimate of drug-likeness (QED) is 0.651. The van der Waals surface area contributed by atoms with Gasteiger partial charge in [0.15, 0.2) is 5.06 Å². The van der Waals surface area contributed by atoms with E-state index in [2.05, 4.69) is 10.1 Å². The van der Waals surface area contributed by atoms with E-state index >= 15 is 0 Å². The number of aromatic amines is 1. The zero-order valence-electron chi connectivity index (χ0n) is 11.4. The monoisotopic (exact) mass is 345 g/mol. The fourth-order valence-electron chi connectivity index (χ4n) is 1.62. The molecule has 7 heteroatoms. The van der Waals surface area contributed by atoms with E-state index in [0.717, 1.165) is 5.56 Å². The summed E-state index contributed by atoms with van der Waals surface area (Å²) in [6.45, 7) is 0.110. The minimum atomic E-state index is -1.48. The molecule has 1 heterocycles. The van der Waals surface area contributed by atoms with E-state index in [1.807, 2.05) is 18.2 Å². The molecule has 0 saturated heterocycles. The Bertz CT molecular complexity index is 634. The number of benzene rings is 1. The molecule has 0 bridgehead atoms. The van der Waals surface area contributed by atoms with Crippen molar-refractivity contribution in [2.75, 3.05) is 0 Å². The normalized spacial score (nSPS) is 15.8. The van der Waals surface area contributed by atoms with Crippen molar-refractivity contribution in [3.8, 4) is 0 Å². The third-order valence-corrected chi connectivity index (χ3v) is 3.74. The van der Waals surface area contributed by atoms with Gasteiger partial charge in [-0.3, -0.25) is 9.78 Å². The van der Waals surface area contributed by atoms with E-state index in [1.165, 1.54) is 30.3 Å². The maximum absolute atomic E-state index is 10.2. The molecule has 1 aliphatic rings. The summed E-state index contributed by atoms with van der Waals surface area (Å²) in [7, 11) is 0. The Hall–Kier alpha value is -0.880. The van der Waals surface area contributed by atoms with E-state index < -0.39 is 5.06 Å². The van der Waals surface area contributed by atoms with Gasteiger partial charge in [-0.1, -0.05) is 60.7 Å². The second kappa shape index (κ2) is 7.40. The maximum atomic E-state index is 10.2. The third kappa shape index (κ3) is 5.79. The Morgan fingerprint density at radius 3 is 2.52 bits per heavy atom. The van der Waals surface area contributed by atoms with Crippen LogP contribution in [0, 0.1) is 4.77 Å². The molecule has 1 aliphatic carbocycles. The average Bonchev–Trinajstić information content (AvgIpc) is 3.24. The van der Waals surface area contributed by atoms with E-state index in [0.29, 0.717) is 9.79 Å². The highest BCUT2D eigenvalue weighted by atomic mass is 35.5. The van der Waals surface area contributed by atoms with E-state index in [-0.39, 0.29) is 13.0 Å². The Kier molecular flexibility index (Phi) is 5.81. The summed E-state index contributed by atoms with van der Waals surface area (Å²) in [6.07, 6.45) is 6.17. The van der Waals surface area contributed by atoms with Crippen molar-refractivity contribution in [3.05, 3.63) is 45.9 Å². The average molecular weight is 346 g/mol. The number of alkyl halides is 1. The number of hydrogen-bond donors (Lipinski definition) is 2. The summed E-state index contributed by atoms with van der Waals surface area (Å²) in [5.74, 6) is 0. The lowest BCUT2D eigenvalue weighted by Crippen LogP contribution is -2.31. The zero-order valence-corrected chi connectivity index (χ0v) is 13.8. The number of aliphatic hydroxyl groups is 1. The predicted octanol–water partition coefficient (Wildman–Crippen LogP) is 3.93. The van der Waals surface area contributed by atoms with Crippen molar-refractivity contribution >= 4 is 35.4 Å². The van der Waals surface area contributed by atoms with Gasteiger partial charge in [0, 0.05) is 11.4 Å². The first-order valence-corrected chi connectivity index (χ1v) is 7.89. The van der Waals surface area contributed by atoms with Crippen molar-refractivity contribution < 1.29 is 5.11 Å². The molecule has 0 amide bonds. The molecule has 1 aromatic carbocycles. The van der Waals surface area contributed by atoms with Gasteiger partial charge in [0.05, 0.1) is 6.54 Å². The minimum absolute atomic E-state index is 0.110. The van der Waals surface area contributed by atoms with Gasteiger partial charge in [-0.05, 0) is 23.8 Å². The second-order valence-electron chi connectivity index (χ2n) is 5.00. The van der Waals surface area contributed by atoms with Crippen LogP contribution >= 0.6 is 35.4 Å². The SMILES string of the molecule is C1CC1.OC(Cl)(Cc1ccccc1Cl)Cn1[nH]cnc1=S. The summed E-state index contributed by atoms with van der Waals surface area (Å²) in [6, 6.07) is 7.24. The predicted molar refractivity (Wildman–Crippen MR) is 87.2 cm³/mol. The molecule has 0 spiro atoms. The molecule has 1 aromatic heterocycles. The first-order chi connectivity index (χ1) is 9.98. The fraction of sp³-hybridized carbons (Fsp3) is 0.429. The molecule has 0 radical (unpaired) electrons. The smallest absolute Gasteiger partial charge is 0.215 e. The van der Waals surface area contributed by atoms with Crippen LogP contribution < -0.4 is 0 Å². The highest BCUT2D eigenvalue weighted by Crippen LogP contribution is 2.25. The number of H-pyrrole nitrogens is 1. The standard InChI is InChI=1S/C11H11Cl2N3OS.C3H6/c12-9-4-2-1-3-8(9)5-11(13,17)6-16-10(18)14-7-15-16;1-2-3-1/h1-4,7,17H,5-6H2,(H,14,15,18);1-3H2. The number of nitrogens with one attached hydrogen (secondary N) is 1. The molecule has 0 aliphatic heterocycles. The van der Waals surface area contributed by atoms with E-state index in [9.17, 15) is 5.11 Å². The van der Waals surface area contributed by atoms with Gasteiger partial charge in [-0.15, -0.1) is 0 Å². The van der Waals surface area contributed by atoms with Crippen LogP contribution in [-0.4, -0.2) is 24.9 Å². The first kappa shape index (κ1) is 16.5. The molecular formula is C14H17Cl2N3OS. The Labute approximate surface area is 138 Å². The lowest BCUT2D eigenvalue weighted by Gasteiger charge is -2.21. The molecule has 2 N–H and O–H groups in total. The number of rotatable bonds is 4. The molecule has 4 nitrogen and oxygen atoms in total.